The van der Waals surface area contributed by atoms with Crippen molar-refractivity contribution in [2.45, 2.75) is 44.9 Å². The van der Waals surface area contributed by atoms with Crippen LogP contribution >= 0.6 is 15.9 Å². The van der Waals surface area contributed by atoms with Gasteiger partial charge in [-0.05, 0) is 69.4 Å². The van der Waals surface area contributed by atoms with Crippen LogP contribution in [0.3, 0.4) is 0 Å². The molecule has 8 heteroatoms. The maximum absolute atomic E-state index is 12.8. The van der Waals surface area contributed by atoms with Crippen molar-refractivity contribution in [3.05, 3.63) is 57.8 Å². The normalized spacial score (nSPS) is 16.5. The standard InChI is InChI=1S/C26H28BrNO6/c1-14-8-9-26(2,3)17-13-18(27)21(12-16(14)17)34-23-7-6-20(33-23)25(30)28-24-19(29)10-15(31-4)11-22(24)32-5/h6-7,10-14,29H,8-9H2,1-5H3,(H,28,30). The molecule has 1 aromatic heterocycles. The zero-order valence-corrected chi connectivity index (χ0v) is 21.4. The molecule has 2 aromatic carbocycles. The van der Waals surface area contributed by atoms with Gasteiger partial charge in [-0.15, -0.1) is 0 Å². The molecule has 0 bridgehead atoms. The van der Waals surface area contributed by atoms with Crippen LogP contribution in [-0.2, 0) is 5.41 Å². The number of benzene rings is 2. The van der Waals surface area contributed by atoms with Crippen LogP contribution in [0.1, 0.15) is 61.2 Å². The lowest BCUT2D eigenvalue weighted by atomic mass is 9.69. The van der Waals surface area contributed by atoms with E-state index < -0.39 is 5.91 Å². The summed E-state index contributed by atoms with van der Waals surface area (Å²) in [7, 11) is 2.90. The van der Waals surface area contributed by atoms with Crippen molar-refractivity contribution < 1.29 is 28.5 Å². The number of furan rings is 1. The third-order valence-electron chi connectivity index (χ3n) is 6.33. The van der Waals surface area contributed by atoms with E-state index in [1.165, 1.54) is 37.5 Å². The van der Waals surface area contributed by atoms with Crippen LogP contribution in [0.25, 0.3) is 0 Å². The summed E-state index contributed by atoms with van der Waals surface area (Å²) in [6.07, 6.45) is 2.26. The van der Waals surface area contributed by atoms with E-state index in [9.17, 15) is 9.90 Å². The summed E-state index contributed by atoms with van der Waals surface area (Å²) in [4.78, 5) is 12.8. The minimum absolute atomic E-state index is 0.0239. The lowest BCUT2D eigenvalue weighted by molar-refractivity contribution is 0.0991. The van der Waals surface area contributed by atoms with Crippen LogP contribution in [0.15, 0.2) is 45.3 Å². The van der Waals surface area contributed by atoms with Gasteiger partial charge < -0.3 is 29.1 Å². The van der Waals surface area contributed by atoms with Crippen LogP contribution in [0.4, 0.5) is 5.69 Å². The molecule has 0 saturated carbocycles. The number of fused-ring (bicyclic) bond motifs is 1. The minimum atomic E-state index is -0.562. The van der Waals surface area contributed by atoms with Gasteiger partial charge >= 0.3 is 0 Å². The van der Waals surface area contributed by atoms with Gasteiger partial charge in [-0.2, -0.15) is 0 Å². The molecule has 0 aliphatic heterocycles. The molecule has 3 aromatic rings. The molecule has 1 unspecified atom stereocenters. The zero-order valence-electron chi connectivity index (χ0n) is 19.8. The van der Waals surface area contributed by atoms with Crippen molar-refractivity contribution in [3.63, 3.8) is 0 Å². The summed E-state index contributed by atoms with van der Waals surface area (Å²) in [6.45, 7) is 6.75. The lowest BCUT2D eigenvalue weighted by Gasteiger charge is -2.36. The van der Waals surface area contributed by atoms with Crippen LogP contribution in [0.5, 0.6) is 28.9 Å². The first-order valence-corrected chi connectivity index (χ1v) is 11.8. The molecule has 0 radical (unpaired) electrons. The van der Waals surface area contributed by atoms with Crippen LogP contribution < -0.4 is 19.5 Å². The Morgan fingerprint density at radius 1 is 1.15 bits per heavy atom. The average molecular weight is 530 g/mol. The maximum Gasteiger partial charge on any atom is 0.291 e. The molecule has 1 heterocycles. The predicted octanol–water partition coefficient (Wildman–Crippen LogP) is 6.98. The second kappa shape index (κ2) is 9.25. The molecule has 0 saturated heterocycles. The van der Waals surface area contributed by atoms with Crippen molar-refractivity contribution >= 4 is 27.5 Å². The second-order valence-corrected chi connectivity index (χ2v) is 9.95. The number of ether oxygens (including phenoxy) is 3. The number of phenolic OH excluding ortho intramolecular Hbond substituents is 1. The lowest BCUT2D eigenvalue weighted by Crippen LogP contribution is -2.25. The monoisotopic (exact) mass is 529 g/mol. The Bertz CT molecular complexity index is 1230. The number of nitrogens with one attached hydrogen (secondary N) is 1. The van der Waals surface area contributed by atoms with Crippen molar-refractivity contribution in [3.8, 4) is 28.9 Å². The van der Waals surface area contributed by atoms with Crippen LogP contribution in [0, 0.1) is 0 Å². The van der Waals surface area contributed by atoms with Gasteiger partial charge in [0.05, 0.1) is 18.7 Å². The van der Waals surface area contributed by atoms with Crippen molar-refractivity contribution in [2.75, 3.05) is 19.5 Å². The SMILES string of the molecule is COc1cc(O)c(NC(=O)c2ccc(Oc3cc4c(cc3Br)C(C)(C)CCC4C)o2)c(OC)c1. The predicted molar refractivity (Wildman–Crippen MR) is 133 cm³/mol. The fourth-order valence-electron chi connectivity index (χ4n) is 4.27. The minimum Gasteiger partial charge on any atom is -0.505 e. The summed E-state index contributed by atoms with van der Waals surface area (Å²) in [5, 5.41) is 12.9. The van der Waals surface area contributed by atoms with Gasteiger partial charge in [-0.3, -0.25) is 4.79 Å². The van der Waals surface area contributed by atoms with Gasteiger partial charge in [0, 0.05) is 18.2 Å². The molecule has 4 rings (SSSR count). The van der Waals surface area contributed by atoms with Crippen LogP contribution in [0.2, 0.25) is 0 Å². The molecule has 1 atom stereocenters. The number of phenols is 1. The van der Waals surface area contributed by atoms with Gasteiger partial charge in [0.2, 0.25) is 0 Å². The largest absolute Gasteiger partial charge is 0.505 e. The van der Waals surface area contributed by atoms with Gasteiger partial charge in [-0.1, -0.05) is 20.8 Å². The summed E-state index contributed by atoms with van der Waals surface area (Å²) < 4.78 is 22.8. The number of carbonyl (C=O) groups excluding carboxylic acids is 1. The van der Waals surface area contributed by atoms with E-state index in [4.69, 9.17) is 18.6 Å². The highest BCUT2D eigenvalue weighted by Gasteiger charge is 2.32. The number of amides is 1. The van der Waals surface area contributed by atoms with Crippen molar-refractivity contribution in [2.24, 2.45) is 0 Å². The van der Waals surface area contributed by atoms with Gasteiger partial charge in [-0.25, -0.2) is 0 Å². The number of aromatic hydroxyl groups is 1. The molecule has 0 fully saturated rings. The number of methoxy groups -OCH3 is 2. The molecule has 1 aliphatic carbocycles. The number of carbonyl (C=O) groups is 1. The topological polar surface area (TPSA) is 90.2 Å². The first kappa shape index (κ1) is 24.0. The highest BCUT2D eigenvalue weighted by molar-refractivity contribution is 9.10. The summed E-state index contributed by atoms with van der Waals surface area (Å²) in [5.41, 5.74) is 2.80. The van der Waals surface area contributed by atoms with Crippen LogP contribution in [-0.4, -0.2) is 25.2 Å². The summed E-state index contributed by atoms with van der Waals surface area (Å²) >= 11 is 3.62. The molecular formula is C26H28BrNO6. The van der Waals surface area contributed by atoms with Gasteiger partial charge in [0.1, 0.15) is 28.7 Å². The molecule has 34 heavy (non-hydrogen) atoms. The Balaban J connectivity index is 1.55. The first-order valence-electron chi connectivity index (χ1n) is 11.0. The van der Waals surface area contributed by atoms with Crippen molar-refractivity contribution in [1.82, 2.24) is 0 Å². The first-order chi connectivity index (χ1) is 16.1. The molecule has 1 amide bonds. The van der Waals surface area contributed by atoms with Gasteiger partial charge in [0.15, 0.2) is 5.76 Å². The highest BCUT2D eigenvalue weighted by Crippen LogP contribution is 2.46. The molecule has 1 aliphatic rings. The zero-order chi connectivity index (χ0) is 24.6. The Morgan fingerprint density at radius 3 is 2.62 bits per heavy atom. The molecule has 7 nitrogen and oxygen atoms in total. The third-order valence-corrected chi connectivity index (χ3v) is 6.95. The van der Waals surface area contributed by atoms with E-state index >= 15 is 0 Å². The Hall–Kier alpha value is -3.13. The average Bonchev–Trinajstić information content (AvgIpc) is 3.27. The van der Waals surface area contributed by atoms with E-state index in [-0.39, 0.29) is 34.3 Å². The Labute approximate surface area is 207 Å². The van der Waals surface area contributed by atoms with Gasteiger partial charge in [0.25, 0.3) is 11.9 Å². The molecule has 2 N–H and O–H groups in total. The fraction of sp³-hybridized carbons (Fsp3) is 0.346. The second-order valence-electron chi connectivity index (χ2n) is 9.09. The van der Waals surface area contributed by atoms with Crippen molar-refractivity contribution in [1.29, 1.82) is 0 Å². The van der Waals surface area contributed by atoms with E-state index in [0.29, 0.717) is 17.4 Å². The Kier molecular flexibility index (Phi) is 6.53. The van der Waals surface area contributed by atoms with E-state index in [0.717, 1.165) is 17.3 Å². The number of halogens is 1. The summed E-state index contributed by atoms with van der Waals surface area (Å²) in [5.74, 6) is 1.16. The Morgan fingerprint density at radius 2 is 1.91 bits per heavy atom. The highest BCUT2D eigenvalue weighted by atomic mass is 79.9. The number of rotatable bonds is 6. The summed E-state index contributed by atoms with van der Waals surface area (Å²) in [6, 6.07) is 10.2. The maximum atomic E-state index is 12.8. The fourth-order valence-corrected chi connectivity index (χ4v) is 4.69. The molecule has 0 spiro atoms. The van der Waals surface area contributed by atoms with E-state index in [1.807, 2.05) is 6.07 Å². The molecule has 180 valence electrons. The molecular weight excluding hydrogens is 502 g/mol. The number of hydrogen-bond donors (Lipinski definition) is 2. The third kappa shape index (κ3) is 4.59. The number of anilines is 1. The van der Waals surface area contributed by atoms with E-state index in [1.54, 1.807) is 12.1 Å². The smallest absolute Gasteiger partial charge is 0.291 e. The number of hydrogen-bond acceptors (Lipinski definition) is 6. The quantitative estimate of drug-likeness (QED) is 0.334. The van der Waals surface area contributed by atoms with E-state index in [2.05, 4.69) is 48.1 Å².